The Kier molecular flexibility index (Phi) is 3.60. The molecule has 0 aliphatic rings. The normalized spacial score (nSPS) is 9.10. The lowest BCUT2D eigenvalue weighted by Gasteiger charge is -2.01. The zero-order valence-electron chi connectivity index (χ0n) is 4.35. The van der Waals surface area contributed by atoms with Gasteiger partial charge in [-0.05, 0) is 0 Å². The van der Waals surface area contributed by atoms with Crippen molar-refractivity contribution < 1.29 is 17.7 Å². The van der Waals surface area contributed by atoms with Crippen LogP contribution in [0.4, 0.5) is 0 Å². The van der Waals surface area contributed by atoms with E-state index in [4.69, 9.17) is 10.5 Å². The van der Waals surface area contributed by atoms with Gasteiger partial charge in [0.25, 0.3) is 12.5 Å². The molecule has 0 saturated heterocycles. The van der Waals surface area contributed by atoms with Crippen LogP contribution in [-0.4, -0.2) is 0 Å². The summed E-state index contributed by atoms with van der Waals surface area (Å²) in [5, 5.41) is 15.6. The fourth-order valence-electron chi connectivity index (χ4n) is 0.147. The molecule has 0 spiro atoms. The van der Waals surface area contributed by atoms with Crippen LogP contribution in [0.25, 0.3) is 0 Å². The molecule has 0 aliphatic carbocycles. The van der Waals surface area contributed by atoms with Crippen LogP contribution >= 0.6 is 19.7 Å². The molecule has 0 bridgehead atoms. The van der Waals surface area contributed by atoms with Gasteiger partial charge in [0.1, 0.15) is 0 Å². The molecule has 0 amide bonds. The van der Waals surface area contributed by atoms with Gasteiger partial charge in [0.15, 0.2) is 0 Å². The number of phosphoric acid groups is 1. The fourth-order valence-corrected chi connectivity index (χ4v) is 0.609. The van der Waals surface area contributed by atoms with Crippen molar-refractivity contribution >= 4 is 19.7 Å². The molecule has 10 heavy (non-hydrogen) atoms. The van der Waals surface area contributed by atoms with E-state index in [9.17, 15) is 4.57 Å². The third-order valence-electron chi connectivity index (χ3n) is 0.390. The number of hydrogen-bond acceptors (Lipinski definition) is 6. The standard InChI is InChI=1S/C2ClN2O4P/c3-9-10(6,7-1-4)8-2-5. The topological polar surface area (TPSA) is 92.3 Å². The van der Waals surface area contributed by atoms with Gasteiger partial charge in [-0.3, -0.25) is 0 Å². The van der Waals surface area contributed by atoms with E-state index in [0.29, 0.717) is 0 Å². The van der Waals surface area contributed by atoms with Gasteiger partial charge in [0, 0.05) is 0 Å². The summed E-state index contributed by atoms with van der Waals surface area (Å²) in [5.41, 5.74) is 0. The highest BCUT2D eigenvalue weighted by atomic mass is 35.5. The van der Waals surface area contributed by atoms with Crippen LogP contribution < -0.4 is 0 Å². The Balaban J connectivity index is 4.16. The van der Waals surface area contributed by atoms with E-state index in [2.05, 4.69) is 25.0 Å². The molecule has 0 aromatic heterocycles. The Morgan fingerprint density at radius 3 is 1.90 bits per heavy atom. The molecule has 0 radical (unpaired) electrons. The van der Waals surface area contributed by atoms with Crippen molar-refractivity contribution in [1.82, 2.24) is 0 Å². The van der Waals surface area contributed by atoms with Gasteiger partial charge < -0.3 is 9.05 Å². The van der Waals surface area contributed by atoms with Gasteiger partial charge in [0.2, 0.25) is 0 Å². The average Bonchev–Trinajstić information content (AvgIpc) is 1.89. The van der Waals surface area contributed by atoms with Crippen LogP contribution in [0.1, 0.15) is 0 Å². The van der Waals surface area contributed by atoms with Crippen molar-refractivity contribution in [2.45, 2.75) is 0 Å². The first-order valence-electron chi connectivity index (χ1n) is 1.74. The van der Waals surface area contributed by atoms with Gasteiger partial charge in [0.05, 0.1) is 11.9 Å². The summed E-state index contributed by atoms with van der Waals surface area (Å²) in [5.74, 6) is 0. The van der Waals surface area contributed by atoms with Gasteiger partial charge in [-0.15, -0.1) is 10.5 Å². The van der Waals surface area contributed by atoms with E-state index < -0.39 is 7.82 Å². The Labute approximate surface area is 61.3 Å². The molecule has 0 heterocycles. The van der Waals surface area contributed by atoms with Crippen LogP contribution in [0.15, 0.2) is 0 Å². The summed E-state index contributed by atoms with van der Waals surface area (Å²) in [6, 6.07) is 0. The highest BCUT2D eigenvalue weighted by Crippen LogP contribution is 2.49. The quantitative estimate of drug-likeness (QED) is 0.482. The fraction of sp³-hybridized carbons (Fsp3) is 0. The second-order valence-corrected chi connectivity index (χ2v) is 2.69. The maximum atomic E-state index is 10.5. The SMILES string of the molecule is N#COP(=O)(OCl)OC#N. The molecule has 54 valence electrons. The highest BCUT2D eigenvalue weighted by Gasteiger charge is 2.30. The number of halogens is 1. The van der Waals surface area contributed by atoms with Crippen molar-refractivity contribution in [2.75, 3.05) is 0 Å². The summed E-state index contributed by atoms with van der Waals surface area (Å²) in [6.45, 7) is 0. The maximum absolute atomic E-state index is 10.5. The van der Waals surface area contributed by atoms with E-state index in [1.807, 2.05) is 0 Å². The number of nitriles is 2. The number of hydrogen-bond donors (Lipinski definition) is 0. The first-order valence-corrected chi connectivity index (χ1v) is 3.51. The zero-order chi connectivity index (χ0) is 8.04. The molecular weight excluding hydrogens is 182 g/mol. The summed E-state index contributed by atoms with van der Waals surface area (Å²) < 4.78 is 21.5. The van der Waals surface area contributed by atoms with Crippen molar-refractivity contribution in [1.29, 1.82) is 10.5 Å². The maximum Gasteiger partial charge on any atom is 0.624 e. The molecule has 0 aliphatic heterocycles. The molecule has 0 N–H and O–H groups in total. The minimum absolute atomic E-state index is 0.995. The largest absolute Gasteiger partial charge is 0.624 e. The van der Waals surface area contributed by atoms with Crippen LogP contribution in [0, 0.1) is 23.0 Å². The van der Waals surface area contributed by atoms with Crippen LogP contribution in [-0.2, 0) is 17.7 Å². The molecule has 0 fully saturated rings. The smallest absolute Gasteiger partial charge is 0.317 e. The molecule has 0 unspecified atom stereocenters. The third kappa shape index (κ3) is 2.56. The molecule has 0 aromatic rings. The minimum Gasteiger partial charge on any atom is -0.317 e. The molecule has 6 nitrogen and oxygen atoms in total. The summed E-state index contributed by atoms with van der Waals surface area (Å²) in [6.07, 6.45) is 1.99. The predicted octanol–water partition coefficient (Wildman–Crippen LogP) is 1.26. The van der Waals surface area contributed by atoms with Crippen LogP contribution in [0.2, 0.25) is 0 Å². The monoisotopic (exact) mass is 182 g/mol. The molecule has 8 heteroatoms. The molecule has 0 rings (SSSR count). The van der Waals surface area contributed by atoms with Crippen molar-refractivity contribution in [2.24, 2.45) is 0 Å². The van der Waals surface area contributed by atoms with E-state index in [1.165, 1.54) is 0 Å². The summed E-state index contributed by atoms with van der Waals surface area (Å²) >= 11 is 4.55. The van der Waals surface area contributed by atoms with Crippen LogP contribution in [0.3, 0.4) is 0 Å². The second-order valence-electron chi connectivity index (χ2n) is 0.881. The number of rotatable bonds is 3. The predicted molar refractivity (Wildman–Crippen MR) is 27.9 cm³/mol. The molecule has 0 saturated carbocycles. The Morgan fingerprint density at radius 1 is 1.30 bits per heavy atom. The zero-order valence-corrected chi connectivity index (χ0v) is 6.00. The first kappa shape index (κ1) is 9.06. The second kappa shape index (κ2) is 3.97. The lowest BCUT2D eigenvalue weighted by molar-refractivity contribution is 0.274. The summed E-state index contributed by atoms with van der Waals surface area (Å²) in [7, 11) is -4.16. The number of nitrogens with zero attached hydrogens (tertiary/aromatic N) is 2. The Bertz CT molecular complexity index is 208. The average molecular weight is 182 g/mol. The molecule has 0 aromatic carbocycles. The van der Waals surface area contributed by atoms with Crippen molar-refractivity contribution in [3.63, 3.8) is 0 Å². The van der Waals surface area contributed by atoms with E-state index in [1.54, 1.807) is 0 Å². The van der Waals surface area contributed by atoms with Gasteiger partial charge >= 0.3 is 7.82 Å². The van der Waals surface area contributed by atoms with E-state index >= 15 is 0 Å². The van der Waals surface area contributed by atoms with E-state index in [0.717, 1.165) is 12.5 Å². The van der Waals surface area contributed by atoms with E-state index in [-0.39, 0.29) is 0 Å². The number of phosphoric ester groups is 1. The van der Waals surface area contributed by atoms with Crippen molar-refractivity contribution in [3.05, 3.63) is 0 Å². The van der Waals surface area contributed by atoms with Crippen LogP contribution in [0.5, 0.6) is 0 Å². The lowest BCUT2D eigenvalue weighted by Crippen LogP contribution is -1.85. The third-order valence-corrected chi connectivity index (χ3v) is 1.68. The highest BCUT2D eigenvalue weighted by molar-refractivity contribution is 7.49. The lowest BCUT2D eigenvalue weighted by atomic mass is 11.6. The van der Waals surface area contributed by atoms with Gasteiger partial charge in [-0.2, -0.15) is 4.08 Å². The van der Waals surface area contributed by atoms with Crippen molar-refractivity contribution in [3.8, 4) is 12.5 Å². The molecule has 0 atom stereocenters. The van der Waals surface area contributed by atoms with Gasteiger partial charge in [-0.25, -0.2) is 4.57 Å². The van der Waals surface area contributed by atoms with Gasteiger partial charge in [-0.1, -0.05) is 0 Å². The minimum atomic E-state index is -4.16. The Morgan fingerprint density at radius 2 is 1.70 bits per heavy atom. The molecular formula is C2ClN2O4P. The summed E-state index contributed by atoms with van der Waals surface area (Å²) in [4.78, 5) is 0. The Hall–Kier alpha value is -0.940. The first-order chi connectivity index (χ1) is 4.68.